The molecule has 2 aromatic rings. The van der Waals surface area contributed by atoms with Crippen molar-refractivity contribution in [3.8, 4) is 5.75 Å². The molecule has 0 N–H and O–H groups in total. The summed E-state index contributed by atoms with van der Waals surface area (Å²) in [7, 11) is 0. The lowest BCUT2D eigenvalue weighted by molar-refractivity contribution is -0.262. The van der Waals surface area contributed by atoms with Gasteiger partial charge in [-0.3, -0.25) is 0 Å². The zero-order chi connectivity index (χ0) is 20.6. The number of aryl methyl sites for hydroxylation is 1. The van der Waals surface area contributed by atoms with Gasteiger partial charge in [-0.1, -0.05) is 12.1 Å². The summed E-state index contributed by atoms with van der Waals surface area (Å²) < 4.78 is 105. The van der Waals surface area contributed by atoms with Gasteiger partial charge < -0.3 is 9.47 Å². The summed E-state index contributed by atoms with van der Waals surface area (Å²) in [6.45, 7) is 1.07. The second-order valence-corrected chi connectivity index (χ2v) is 6.56. The average molecular weight is 408 g/mol. The smallest absolute Gasteiger partial charge is 0.424 e. The Morgan fingerprint density at radius 2 is 1.57 bits per heavy atom. The first-order chi connectivity index (χ1) is 13.1. The molecule has 1 saturated heterocycles. The Morgan fingerprint density at radius 3 is 2.14 bits per heavy atom. The first-order valence-corrected chi connectivity index (χ1v) is 8.37. The van der Waals surface area contributed by atoms with E-state index in [0.29, 0.717) is 12.1 Å². The van der Waals surface area contributed by atoms with Crippen LogP contribution in [0.2, 0.25) is 0 Å². The number of alkyl halides is 2. The summed E-state index contributed by atoms with van der Waals surface area (Å²) in [5, 5.41) is 0. The Morgan fingerprint density at radius 1 is 0.929 bits per heavy atom. The molecule has 28 heavy (non-hydrogen) atoms. The highest BCUT2D eigenvalue weighted by Gasteiger charge is 2.46. The quantitative estimate of drug-likeness (QED) is 0.483. The molecule has 0 saturated carbocycles. The molecule has 2 aromatic carbocycles. The van der Waals surface area contributed by atoms with E-state index in [1.165, 1.54) is 19.1 Å². The second-order valence-electron chi connectivity index (χ2n) is 6.56. The maximum atomic E-state index is 14.3. The first kappa shape index (κ1) is 20.4. The van der Waals surface area contributed by atoms with Crippen LogP contribution in [-0.2, 0) is 4.74 Å². The summed E-state index contributed by atoms with van der Waals surface area (Å²) in [4.78, 5) is 0. The van der Waals surface area contributed by atoms with E-state index in [9.17, 15) is 30.7 Å². The molecule has 0 bridgehead atoms. The molecular weight excluding hydrogens is 393 g/mol. The lowest BCUT2D eigenvalue weighted by Crippen LogP contribution is -2.44. The maximum Gasteiger partial charge on any atom is 0.424 e. The highest BCUT2D eigenvalue weighted by atomic mass is 19.3. The van der Waals surface area contributed by atoms with Crippen molar-refractivity contribution in [1.82, 2.24) is 0 Å². The van der Waals surface area contributed by atoms with Crippen LogP contribution in [-0.4, -0.2) is 18.8 Å². The number of benzene rings is 2. The molecule has 0 amide bonds. The van der Waals surface area contributed by atoms with Gasteiger partial charge in [-0.15, -0.1) is 0 Å². The van der Waals surface area contributed by atoms with Gasteiger partial charge in [-0.25, -0.2) is 22.0 Å². The van der Waals surface area contributed by atoms with E-state index in [1.807, 2.05) is 0 Å². The van der Waals surface area contributed by atoms with Crippen LogP contribution >= 0.6 is 0 Å². The number of hydrogen-bond donors (Lipinski definition) is 0. The van der Waals surface area contributed by atoms with Crippen molar-refractivity contribution in [3.63, 3.8) is 0 Å². The van der Waals surface area contributed by atoms with Gasteiger partial charge in [0, 0.05) is 18.1 Å². The molecule has 2 nitrogen and oxygen atoms in total. The van der Waals surface area contributed by atoms with Crippen LogP contribution in [0.15, 0.2) is 24.3 Å². The topological polar surface area (TPSA) is 18.5 Å². The molecule has 1 aliphatic rings. The molecule has 0 aliphatic carbocycles. The van der Waals surface area contributed by atoms with Crippen molar-refractivity contribution in [1.29, 1.82) is 0 Å². The molecule has 9 heteroatoms. The molecule has 0 spiro atoms. The minimum Gasteiger partial charge on any atom is -0.430 e. The van der Waals surface area contributed by atoms with Crippen molar-refractivity contribution in [2.45, 2.75) is 37.9 Å². The van der Waals surface area contributed by atoms with Gasteiger partial charge in [-0.2, -0.15) is 8.78 Å². The third kappa shape index (κ3) is 3.94. The van der Waals surface area contributed by atoms with Crippen LogP contribution in [0.5, 0.6) is 5.75 Å². The van der Waals surface area contributed by atoms with Crippen LogP contribution in [0.25, 0.3) is 0 Å². The third-order valence-electron chi connectivity index (χ3n) is 4.61. The summed E-state index contributed by atoms with van der Waals surface area (Å²) in [5.74, 6) is -8.75. The Bertz CT molecular complexity index is 854. The van der Waals surface area contributed by atoms with E-state index < -0.39 is 53.0 Å². The lowest BCUT2D eigenvalue weighted by Gasteiger charge is -2.33. The number of halogens is 7. The third-order valence-corrected chi connectivity index (χ3v) is 4.61. The lowest BCUT2D eigenvalue weighted by atomic mass is 9.90. The molecular formula is C19H15F7O2. The molecule has 152 valence electrons. The van der Waals surface area contributed by atoms with Crippen molar-refractivity contribution in [2.24, 2.45) is 0 Å². The highest BCUT2D eigenvalue weighted by Crippen LogP contribution is 2.37. The first-order valence-electron chi connectivity index (χ1n) is 8.37. The molecule has 0 aromatic heterocycles. The van der Waals surface area contributed by atoms with Gasteiger partial charge in [0.05, 0.1) is 6.61 Å². The Balaban J connectivity index is 1.69. The standard InChI is InChI=1S/C19H15F7O2/c1-9-2-4-12(17(23)16(9)22)10-3-5-15(27-8-10)19(25,26)28-11-6-13(20)18(24)14(21)7-11/h2,4,6-7,10,15H,3,5,8H2,1H3. The number of rotatable bonds is 4. The molecule has 0 radical (unpaired) electrons. The largest absolute Gasteiger partial charge is 0.430 e. The van der Waals surface area contributed by atoms with Gasteiger partial charge in [0.25, 0.3) is 0 Å². The molecule has 3 rings (SSSR count). The summed E-state index contributed by atoms with van der Waals surface area (Å²) >= 11 is 0. The summed E-state index contributed by atoms with van der Waals surface area (Å²) in [5.41, 5.74) is 0.142. The van der Waals surface area contributed by atoms with Crippen molar-refractivity contribution >= 4 is 0 Å². The van der Waals surface area contributed by atoms with Crippen LogP contribution in [0, 0.1) is 36.0 Å². The molecule has 1 aliphatic heterocycles. The van der Waals surface area contributed by atoms with Gasteiger partial charge in [0.2, 0.25) is 0 Å². The molecule has 1 heterocycles. The van der Waals surface area contributed by atoms with Gasteiger partial charge in [0.15, 0.2) is 35.2 Å². The monoisotopic (exact) mass is 408 g/mol. The van der Waals surface area contributed by atoms with E-state index in [1.54, 1.807) is 0 Å². The number of hydrogen-bond acceptors (Lipinski definition) is 2. The van der Waals surface area contributed by atoms with E-state index in [-0.39, 0.29) is 30.6 Å². The minimum absolute atomic E-state index is 0.0217. The minimum atomic E-state index is -3.97. The van der Waals surface area contributed by atoms with E-state index in [4.69, 9.17) is 4.74 Å². The van der Waals surface area contributed by atoms with Crippen LogP contribution < -0.4 is 4.74 Å². The Labute approximate surface area is 155 Å². The van der Waals surface area contributed by atoms with Crippen molar-refractivity contribution in [3.05, 3.63) is 64.5 Å². The van der Waals surface area contributed by atoms with Gasteiger partial charge in [-0.05, 0) is 30.9 Å². The fourth-order valence-corrected chi connectivity index (χ4v) is 3.05. The second kappa shape index (κ2) is 7.62. The van der Waals surface area contributed by atoms with Crippen LogP contribution in [0.3, 0.4) is 0 Å². The van der Waals surface area contributed by atoms with Gasteiger partial charge >= 0.3 is 6.11 Å². The SMILES string of the molecule is Cc1ccc(C2CCC(C(F)(F)Oc3cc(F)c(F)c(F)c3)OC2)c(F)c1F. The number of ether oxygens (including phenoxy) is 2. The average Bonchev–Trinajstić information content (AvgIpc) is 2.64. The zero-order valence-electron chi connectivity index (χ0n) is 14.5. The van der Waals surface area contributed by atoms with E-state index in [0.717, 1.165) is 0 Å². The van der Waals surface area contributed by atoms with Crippen LogP contribution in [0.4, 0.5) is 30.7 Å². The summed E-state index contributed by atoms with van der Waals surface area (Å²) in [6, 6.07) is 3.35. The predicted molar refractivity (Wildman–Crippen MR) is 84.7 cm³/mol. The molecule has 1 fully saturated rings. The highest BCUT2D eigenvalue weighted by molar-refractivity contribution is 5.29. The van der Waals surface area contributed by atoms with Crippen LogP contribution in [0.1, 0.15) is 29.9 Å². The van der Waals surface area contributed by atoms with Crippen molar-refractivity contribution < 1.29 is 40.2 Å². The Kier molecular flexibility index (Phi) is 5.56. The maximum absolute atomic E-state index is 14.3. The van der Waals surface area contributed by atoms with E-state index >= 15 is 0 Å². The fraction of sp³-hybridized carbons (Fsp3) is 0.368. The Hall–Kier alpha value is -2.29. The fourth-order valence-electron chi connectivity index (χ4n) is 3.05. The molecule has 2 unspecified atom stereocenters. The van der Waals surface area contributed by atoms with Crippen molar-refractivity contribution in [2.75, 3.05) is 6.61 Å². The normalized spacial score (nSPS) is 20.3. The molecule has 2 atom stereocenters. The summed E-state index contributed by atoms with van der Waals surface area (Å²) in [6.07, 6.45) is -5.98. The van der Waals surface area contributed by atoms with E-state index in [2.05, 4.69) is 4.74 Å². The zero-order valence-corrected chi connectivity index (χ0v) is 14.5. The predicted octanol–water partition coefficient (Wildman–Crippen LogP) is 5.62. The van der Waals surface area contributed by atoms with Gasteiger partial charge in [0.1, 0.15) is 5.75 Å².